The van der Waals surface area contributed by atoms with Crippen molar-refractivity contribution in [2.24, 2.45) is 11.7 Å². The number of ketones is 1. The van der Waals surface area contributed by atoms with Crippen LogP contribution >= 0.6 is 0 Å². The largest absolute Gasteiger partial charge is 0.392 e. The molecular formula is C38H57NO10. The summed E-state index contributed by atoms with van der Waals surface area (Å²) in [5.74, 6) is -0.741. The number of rotatable bonds is 3. The second-order valence-corrected chi connectivity index (χ2v) is 16.4. The van der Waals surface area contributed by atoms with E-state index in [0.29, 0.717) is 51.4 Å². The van der Waals surface area contributed by atoms with E-state index in [1.807, 2.05) is 0 Å². The molecule has 274 valence electrons. The molecular weight excluding hydrogens is 630 g/mol. The Morgan fingerprint density at radius 3 is 2.43 bits per heavy atom. The summed E-state index contributed by atoms with van der Waals surface area (Å²) in [6, 6.07) is 0. The molecule has 16 atom stereocenters. The molecule has 8 rings (SSSR count). The minimum absolute atomic E-state index is 0.0167. The molecule has 0 saturated carbocycles. The number of Topliss-reactive ketones (excluding diaryl/α,β-unsaturated/α-hetero) is 1. The van der Waals surface area contributed by atoms with E-state index in [1.54, 1.807) is 0 Å². The van der Waals surface area contributed by atoms with Crippen molar-refractivity contribution in [1.29, 1.82) is 0 Å². The molecule has 0 amide bonds. The number of carbonyl (C=O) groups excluding carboxylic acids is 1. The zero-order valence-corrected chi connectivity index (χ0v) is 28.8. The van der Waals surface area contributed by atoms with Crippen molar-refractivity contribution in [3.8, 4) is 0 Å². The number of nitrogens with two attached hydrogens (primary N) is 1. The van der Waals surface area contributed by atoms with Crippen LogP contribution in [0.4, 0.5) is 0 Å². The fourth-order valence-electron chi connectivity index (χ4n) is 10.2. The summed E-state index contributed by atoms with van der Waals surface area (Å²) in [7, 11) is 0. The van der Waals surface area contributed by atoms with Crippen LogP contribution < -0.4 is 5.73 Å². The smallest absolute Gasteiger partial charge is 0.172 e. The first kappa shape index (κ1) is 34.8. The molecule has 1 spiro atoms. The van der Waals surface area contributed by atoms with Gasteiger partial charge in [0.15, 0.2) is 5.79 Å². The number of ether oxygens (including phenoxy) is 7. The van der Waals surface area contributed by atoms with E-state index in [1.165, 1.54) is 0 Å². The third-order valence-corrected chi connectivity index (χ3v) is 12.8. The number of fused-ring (bicyclic) bond motifs is 9. The average Bonchev–Trinajstić information content (AvgIpc) is 3.70. The maximum absolute atomic E-state index is 13.7. The Kier molecular flexibility index (Phi) is 10.2. The number of carbonyl (C=O) groups is 1. The average molecular weight is 688 g/mol. The molecule has 8 fully saturated rings. The summed E-state index contributed by atoms with van der Waals surface area (Å²) in [6.07, 6.45) is 7.45. The lowest BCUT2D eigenvalue weighted by Crippen LogP contribution is -2.58. The standard InChI is InChI=1S/C38H57NO10/c1-20-3-4-25-5-7-30-21(2)11-27(44-30)9-10-38-18-29(42)36(49-38)34-17-35(48-38)37-31(47-34)8-6-26(46-37)14-23(40)12-22-13-28(15-24(41)19-39)45-33(22)16-32(20)43-25/h22,24-37,41-42H,1-19,39H2/t22?,24?,25?,26?,27?,28?,29?,30?,31?,32?,33-,34?,35?,36?,37-,38+/m0/s1. The third-order valence-electron chi connectivity index (χ3n) is 12.8. The predicted molar refractivity (Wildman–Crippen MR) is 177 cm³/mol. The van der Waals surface area contributed by atoms with Crippen molar-refractivity contribution in [2.75, 3.05) is 6.54 Å². The molecule has 0 aliphatic carbocycles. The van der Waals surface area contributed by atoms with Gasteiger partial charge in [-0.3, -0.25) is 4.79 Å². The minimum atomic E-state index is -0.924. The van der Waals surface area contributed by atoms with E-state index in [4.69, 9.17) is 38.9 Å². The van der Waals surface area contributed by atoms with Gasteiger partial charge in [-0.1, -0.05) is 13.2 Å². The van der Waals surface area contributed by atoms with Gasteiger partial charge in [0.2, 0.25) is 0 Å². The first-order valence-electron chi connectivity index (χ1n) is 19.2. The molecule has 0 radical (unpaired) electrons. The van der Waals surface area contributed by atoms with Crippen LogP contribution in [-0.4, -0.2) is 114 Å². The number of hydrogen-bond donors (Lipinski definition) is 3. The minimum Gasteiger partial charge on any atom is -0.392 e. The van der Waals surface area contributed by atoms with Gasteiger partial charge in [0, 0.05) is 51.5 Å². The number of aliphatic hydroxyl groups excluding tert-OH is 2. The van der Waals surface area contributed by atoms with Crippen molar-refractivity contribution >= 4 is 5.78 Å². The van der Waals surface area contributed by atoms with Gasteiger partial charge in [0.1, 0.15) is 18.0 Å². The first-order chi connectivity index (χ1) is 23.6. The lowest BCUT2D eigenvalue weighted by molar-refractivity contribution is -0.277. The van der Waals surface area contributed by atoms with Crippen LogP contribution in [0.15, 0.2) is 24.3 Å². The molecule has 0 aromatic heterocycles. The van der Waals surface area contributed by atoms with Crippen LogP contribution in [-0.2, 0) is 38.0 Å². The number of aliphatic hydroxyl groups is 2. The van der Waals surface area contributed by atoms with Gasteiger partial charge in [0.25, 0.3) is 0 Å². The molecule has 10 bridgehead atoms. The first-order valence-corrected chi connectivity index (χ1v) is 19.2. The number of hydrogen-bond acceptors (Lipinski definition) is 11. The van der Waals surface area contributed by atoms with Crippen LogP contribution in [0.1, 0.15) is 103 Å². The van der Waals surface area contributed by atoms with Gasteiger partial charge in [0.05, 0.1) is 73.2 Å². The SMILES string of the molecule is C=C1CC2CC[C@]34CC(O)C(O3)C3CC(O4)[C@H]4OC(CCC4O3)CC(=O)CC3CC(CC(O)CN)O[C@H]3CC3OC(CCC3=C)CCC1O2. The van der Waals surface area contributed by atoms with Crippen molar-refractivity contribution in [3.63, 3.8) is 0 Å². The summed E-state index contributed by atoms with van der Waals surface area (Å²) < 4.78 is 46.5. The van der Waals surface area contributed by atoms with E-state index in [-0.39, 0.29) is 85.4 Å². The van der Waals surface area contributed by atoms with Gasteiger partial charge < -0.3 is 49.1 Å². The highest BCUT2D eigenvalue weighted by molar-refractivity contribution is 5.79. The molecule has 8 saturated heterocycles. The molecule has 0 aromatic carbocycles. The Bertz CT molecular complexity index is 1250. The summed E-state index contributed by atoms with van der Waals surface area (Å²) in [5, 5.41) is 21.4. The fourth-order valence-corrected chi connectivity index (χ4v) is 10.2. The van der Waals surface area contributed by atoms with Crippen LogP contribution in [0.2, 0.25) is 0 Å². The van der Waals surface area contributed by atoms with E-state index >= 15 is 0 Å². The third kappa shape index (κ3) is 7.36. The van der Waals surface area contributed by atoms with Gasteiger partial charge in [-0.15, -0.1) is 0 Å². The summed E-state index contributed by atoms with van der Waals surface area (Å²) in [5.41, 5.74) is 7.95. The van der Waals surface area contributed by atoms with Gasteiger partial charge >= 0.3 is 0 Å². The summed E-state index contributed by atoms with van der Waals surface area (Å²) in [6.45, 7) is 8.94. The van der Waals surface area contributed by atoms with Crippen LogP contribution in [0.3, 0.4) is 0 Å². The zero-order chi connectivity index (χ0) is 33.9. The fraction of sp³-hybridized carbons (Fsp3) is 0.868. The molecule has 11 nitrogen and oxygen atoms in total. The van der Waals surface area contributed by atoms with Crippen LogP contribution in [0, 0.1) is 5.92 Å². The van der Waals surface area contributed by atoms with E-state index < -0.39 is 24.1 Å². The van der Waals surface area contributed by atoms with Crippen molar-refractivity contribution in [1.82, 2.24) is 0 Å². The van der Waals surface area contributed by atoms with Gasteiger partial charge in [-0.2, -0.15) is 0 Å². The highest BCUT2D eigenvalue weighted by Crippen LogP contribution is 2.49. The molecule has 0 aromatic rings. The van der Waals surface area contributed by atoms with Crippen LogP contribution in [0.5, 0.6) is 0 Å². The molecule has 4 N–H and O–H groups in total. The summed E-state index contributed by atoms with van der Waals surface area (Å²) in [4.78, 5) is 13.7. The lowest BCUT2D eigenvalue weighted by atomic mass is 9.84. The van der Waals surface area contributed by atoms with E-state index in [2.05, 4.69) is 13.2 Å². The van der Waals surface area contributed by atoms with Crippen molar-refractivity contribution < 1.29 is 48.2 Å². The summed E-state index contributed by atoms with van der Waals surface area (Å²) >= 11 is 0. The Labute approximate surface area is 290 Å². The van der Waals surface area contributed by atoms with E-state index in [9.17, 15) is 15.0 Å². The molecule has 8 aliphatic heterocycles. The zero-order valence-electron chi connectivity index (χ0n) is 28.8. The predicted octanol–water partition coefficient (Wildman–Crippen LogP) is 3.55. The van der Waals surface area contributed by atoms with Gasteiger partial charge in [-0.05, 0) is 74.9 Å². The van der Waals surface area contributed by atoms with Gasteiger partial charge in [-0.25, -0.2) is 0 Å². The van der Waals surface area contributed by atoms with E-state index in [0.717, 1.165) is 62.5 Å². The quantitative estimate of drug-likeness (QED) is 0.374. The Balaban J connectivity index is 1.03. The Hall–Kier alpha value is -1.25. The lowest BCUT2D eigenvalue weighted by Gasteiger charge is -2.47. The normalized spacial score (nSPS) is 49.7. The second-order valence-electron chi connectivity index (χ2n) is 16.4. The molecule has 8 heterocycles. The highest BCUT2D eigenvalue weighted by Gasteiger charge is 2.59. The highest BCUT2D eigenvalue weighted by atomic mass is 16.7. The van der Waals surface area contributed by atoms with Crippen molar-refractivity contribution in [3.05, 3.63) is 24.3 Å². The second kappa shape index (κ2) is 14.3. The molecule has 49 heavy (non-hydrogen) atoms. The van der Waals surface area contributed by atoms with Crippen LogP contribution in [0.25, 0.3) is 0 Å². The monoisotopic (exact) mass is 687 g/mol. The van der Waals surface area contributed by atoms with Crippen molar-refractivity contribution in [2.45, 2.75) is 194 Å². The Morgan fingerprint density at radius 2 is 1.57 bits per heavy atom. The Morgan fingerprint density at radius 1 is 0.755 bits per heavy atom. The maximum atomic E-state index is 13.7. The maximum Gasteiger partial charge on any atom is 0.172 e. The molecule has 11 heteroatoms. The topological polar surface area (TPSA) is 148 Å². The molecule has 13 unspecified atom stereocenters. The molecule has 8 aliphatic rings.